The lowest BCUT2D eigenvalue weighted by molar-refractivity contribution is -0.683. The average molecular weight is 1010 g/mol. The van der Waals surface area contributed by atoms with Crippen molar-refractivity contribution < 1.29 is 107 Å². The molecule has 0 N–H and O–H groups in total. The first-order chi connectivity index (χ1) is 32.8. The largest absolute Gasteiger partial charge is 0.422 e. The van der Waals surface area contributed by atoms with Gasteiger partial charge in [0.2, 0.25) is 24.2 Å². The van der Waals surface area contributed by atoms with Gasteiger partial charge >= 0.3 is 5.97 Å². The third-order valence-corrected chi connectivity index (χ3v) is 10.3. The number of halogens is 20. The molecule has 0 fully saturated rings. The van der Waals surface area contributed by atoms with E-state index in [1.54, 1.807) is 35.0 Å². The molecule has 7 rings (SSSR count). The van der Waals surface area contributed by atoms with E-state index in [0.717, 1.165) is 5.56 Å². The van der Waals surface area contributed by atoms with Gasteiger partial charge in [0.15, 0.2) is 76.0 Å². The van der Waals surface area contributed by atoms with Crippen LogP contribution in [-0.2, 0) is 6.54 Å². The van der Waals surface area contributed by atoms with E-state index in [9.17, 15) is 62.3 Å². The van der Waals surface area contributed by atoms with Gasteiger partial charge in [-0.3, -0.25) is 4.79 Å². The summed E-state index contributed by atoms with van der Waals surface area (Å²) in [5, 5.41) is 0. The minimum absolute atomic E-state index is 0.0466. The zero-order chi connectivity index (χ0) is 52.0. The van der Waals surface area contributed by atoms with Crippen LogP contribution < -0.4 is 31.2 Å². The first-order valence-corrected chi connectivity index (χ1v) is 18.8. The van der Waals surface area contributed by atoms with Gasteiger partial charge in [-0.2, -0.15) is 4.57 Å². The summed E-state index contributed by atoms with van der Waals surface area (Å²) in [5.74, 6) is -71.6. The van der Waals surface area contributed by atoms with Crippen molar-refractivity contribution in [3.05, 3.63) is 206 Å². The Balaban J connectivity index is 0.000000270. The molecule has 5 nitrogen and oxygen atoms in total. The summed E-state index contributed by atoms with van der Waals surface area (Å²) in [6, 6.07) is 16.2. The molecule has 0 saturated carbocycles. The van der Waals surface area contributed by atoms with E-state index in [1.165, 1.54) is 12.4 Å². The number of carbonyl (C=O) groups excluding carboxylic acids is 2. The van der Waals surface area contributed by atoms with Crippen molar-refractivity contribution in [1.29, 1.82) is 0 Å². The third kappa shape index (κ3) is 8.65. The van der Waals surface area contributed by atoms with Crippen molar-refractivity contribution in [2.24, 2.45) is 0 Å². The van der Waals surface area contributed by atoms with Gasteiger partial charge in [-0.05, 0) is 19.1 Å². The van der Waals surface area contributed by atoms with E-state index >= 15 is 35.1 Å². The Morgan fingerprint density at radius 1 is 0.457 bits per heavy atom. The third-order valence-electron chi connectivity index (χ3n) is 10.3. The number of benzene rings is 6. The highest BCUT2D eigenvalue weighted by Gasteiger charge is 2.52. The van der Waals surface area contributed by atoms with Crippen LogP contribution in [0.15, 0.2) is 73.2 Å². The number of nitrogens with zero attached hydrogens (tertiary/aromatic N) is 2. The first-order valence-electron chi connectivity index (χ1n) is 18.8. The van der Waals surface area contributed by atoms with Crippen molar-refractivity contribution in [2.75, 3.05) is 0 Å². The van der Waals surface area contributed by atoms with Crippen LogP contribution in [0, 0.1) is 123 Å². The lowest BCUT2D eigenvalue weighted by Crippen LogP contribution is -2.81. The molecule has 6 aromatic carbocycles. The number of esters is 1. The molecule has 0 atom stereocenters. The Hall–Kier alpha value is -7.80. The van der Waals surface area contributed by atoms with Gasteiger partial charge in [-0.1, -0.05) is 48.0 Å². The summed E-state index contributed by atoms with van der Waals surface area (Å²) in [4.78, 5) is 28.5. The number of rotatable bonds is 9. The van der Waals surface area contributed by atoms with Crippen LogP contribution in [0.2, 0.25) is 0 Å². The van der Waals surface area contributed by atoms with Gasteiger partial charge in [-0.15, -0.1) is 21.9 Å². The zero-order valence-corrected chi connectivity index (χ0v) is 33.9. The summed E-state index contributed by atoms with van der Waals surface area (Å²) in [7, 11) is 0. The van der Waals surface area contributed by atoms with Crippen molar-refractivity contribution in [3.8, 4) is 5.75 Å². The van der Waals surface area contributed by atoms with Crippen molar-refractivity contribution in [2.45, 2.75) is 13.5 Å². The second-order valence-corrected chi connectivity index (χ2v) is 14.4. The molecule has 26 heteroatoms. The van der Waals surface area contributed by atoms with Crippen molar-refractivity contribution >= 4 is 39.7 Å². The monoisotopic (exact) mass is 1010 g/mol. The molecule has 1 aromatic heterocycles. The van der Waals surface area contributed by atoms with Crippen LogP contribution >= 0.6 is 0 Å². The summed E-state index contributed by atoms with van der Waals surface area (Å²) >= 11 is 0. The molecule has 0 amide bonds. The van der Waals surface area contributed by atoms with Crippen LogP contribution in [0.25, 0.3) is 0 Å². The van der Waals surface area contributed by atoms with Crippen molar-refractivity contribution in [1.82, 2.24) is 4.98 Å². The number of aryl methyl sites for hydroxylation is 1. The second kappa shape index (κ2) is 19.7. The minimum Gasteiger partial charge on any atom is -0.422 e. The number of hydrogen-bond donors (Lipinski definition) is 0. The lowest BCUT2D eigenvalue weighted by atomic mass is 9.12. The normalized spacial score (nSPS) is 11.4. The Morgan fingerprint density at radius 2 is 0.771 bits per heavy atom. The molecule has 0 aliphatic carbocycles. The quantitative estimate of drug-likeness (QED) is 0.0213. The number of ether oxygens (including phenoxy) is 1. The van der Waals surface area contributed by atoms with Crippen LogP contribution in [0.4, 0.5) is 87.8 Å². The summed E-state index contributed by atoms with van der Waals surface area (Å²) < 4.78 is 301. The lowest BCUT2D eigenvalue weighted by Gasteiger charge is -2.44. The maximum Gasteiger partial charge on any atom is 0.368 e. The zero-order valence-electron chi connectivity index (χ0n) is 33.9. The molecule has 70 heavy (non-hydrogen) atoms. The molecule has 0 aliphatic heterocycles. The van der Waals surface area contributed by atoms with Gasteiger partial charge in [0.1, 0.15) is 58.4 Å². The smallest absolute Gasteiger partial charge is 0.368 e. The summed E-state index contributed by atoms with van der Waals surface area (Å²) in [6.07, 6.45) is -2.59. The SMILES string of the molecule is Cc1ccc(OC(=O)c2c[n+](CC(=O)c3ccccc3)ccn2)cc1.Fc1c(F)c(F)c([B-](c2c(F)c(F)c(F)c(F)c2F)(c2c(F)c(F)c(F)c(F)c2F)c2c(F)c(F)c(F)c(F)c2F)c(F)c1F. The van der Waals surface area contributed by atoms with Gasteiger partial charge < -0.3 is 4.74 Å². The first kappa shape index (κ1) is 51.6. The molecular formula is C44H17BF20N2O3. The van der Waals surface area contributed by atoms with E-state index in [2.05, 4.69) is 4.98 Å². The van der Waals surface area contributed by atoms with Gasteiger partial charge in [0.05, 0.1) is 6.20 Å². The summed E-state index contributed by atoms with van der Waals surface area (Å²) in [5.41, 5.74) is -12.5. The highest BCUT2D eigenvalue weighted by Crippen LogP contribution is 2.31. The minimum atomic E-state index is -7.22. The number of hydrogen-bond acceptors (Lipinski definition) is 4. The molecular weight excluding hydrogens is 995 g/mol. The Labute approximate surface area is 376 Å². The topological polar surface area (TPSA) is 60.1 Å². The Bertz CT molecular complexity index is 2890. The fourth-order valence-electron chi connectivity index (χ4n) is 7.16. The molecule has 0 aliphatic rings. The molecule has 1 heterocycles. The van der Waals surface area contributed by atoms with Crippen LogP contribution in [0.5, 0.6) is 5.75 Å². The van der Waals surface area contributed by atoms with Gasteiger partial charge in [0.25, 0.3) is 0 Å². The molecule has 0 spiro atoms. The molecule has 0 radical (unpaired) electrons. The maximum absolute atomic E-state index is 15.4. The Kier molecular flexibility index (Phi) is 14.5. The fraction of sp³-hybridized carbons (Fsp3) is 0.0455. The average Bonchev–Trinajstić information content (AvgIpc) is 3.35. The predicted molar refractivity (Wildman–Crippen MR) is 201 cm³/mol. The van der Waals surface area contributed by atoms with Gasteiger partial charge in [-0.25, -0.2) is 97.6 Å². The number of Topliss-reactive ketones (excluding diaryl/α,β-unsaturated/α-hetero) is 1. The van der Waals surface area contributed by atoms with Gasteiger partial charge in [0, 0.05) is 5.56 Å². The molecule has 7 aromatic rings. The van der Waals surface area contributed by atoms with E-state index in [1.807, 2.05) is 37.3 Å². The highest BCUT2D eigenvalue weighted by atomic mass is 19.2. The van der Waals surface area contributed by atoms with E-state index < -0.39 is 150 Å². The fourth-order valence-corrected chi connectivity index (χ4v) is 7.16. The van der Waals surface area contributed by atoms with Crippen molar-refractivity contribution in [3.63, 3.8) is 0 Å². The standard InChI is InChI=1S/C24BF20.C20H17N2O3/c26-5-1(6(27)14(35)21(42)13(5)34)25(2-7(28)15(36)22(43)16(37)8(2)29,3-9(30)17(38)23(44)18(39)10(3)31)4-11(32)19(40)24(45)20(41)12(4)33;1-15-7-9-17(10-8-15)25-20(24)18-13-22(12-11-21-18)14-19(23)16-5-3-2-4-6-16/h;2-13H,14H2,1H3/q-1;+1. The number of ketones is 1. The Morgan fingerprint density at radius 3 is 1.10 bits per heavy atom. The number of aromatic nitrogens is 2. The predicted octanol–water partition coefficient (Wildman–Crippen LogP) is 8.63. The van der Waals surface area contributed by atoms with Crippen LogP contribution in [0.1, 0.15) is 26.4 Å². The van der Waals surface area contributed by atoms with E-state index in [4.69, 9.17) is 4.74 Å². The van der Waals surface area contributed by atoms with E-state index in [-0.39, 0.29) is 18.0 Å². The molecule has 0 saturated heterocycles. The maximum atomic E-state index is 15.4. The molecule has 364 valence electrons. The van der Waals surface area contributed by atoms with E-state index in [0.29, 0.717) is 11.3 Å². The van der Waals surface area contributed by atoms with Crippen LogP contribution in [-0.4, -0.2) is 22.9 Å². The highest BCUT2D eigenvalue weighted by molar-refractivity contribution is 7.20. The molecule has 0 bridgehead atoms. The second-order valence-electron chi connectivity index (χ2n) is 14.4. The van der Waals surface area contributed by atoms with Crippen LogP contribution in [0.3, 0.4) is 0 Å². The molecule has 0 unspecified atom stereocenters. The summed E-state index contributed by atoms with van der Waals surface area (Å²) in [6.45, 7) is 2.08. The number of carbonyl (C=O) groups is 2.